The molecule has 1 aromatic heterocycles. The minimum absolute atomic E-state index is 0.111. The average Bonchev–Trinajstić information content (AvgIpc) is 2.63. The van der Waals surface area contributed by atoms with Gasteiger partial charge in [0.15, 0.2) is 0 Å². The molecule has 130 valence electrons. The number of nitro benzene ring substituents is 1. The molecule has 0 atom stereocenters. The fraction of sp³-hybridized carbons (Fsp3) is 0.333. The first kappa shape index (κ1) is 16.9. The lowest BCUT2D eigenvalue weighted by Crippen LogP contribution is -2.24. The molecule has 1 aliphatic rings. The summed E-state index contributed by atoms with van der Waals surface area (Å²) in [5.74, 6) is -0.0108. The van der Waals surface area contributed by atoms with Gasteiger partial charge in [-0.25, -0.2) is 4.98 Å². The van der Waals surface area contributed by atoms with Crippen LogP contribution in [0.25, 0.3) is 0 Å². The van der Waals surface area contributed by atoms with Gasteiger partial charge in [-0.15, -0.1) is 0 Å². The Morgan fingerprint density at radius 3 is 2.64 bits per heavy atom. The third kappa shape index (κ3) is 4.32. The van der Waals surface area contributed by atoms with E-state index < -0.39 is 10.8 Å². The van der Waals surface area contributed by atoms with E-state index in [-0.39, 0.29) is 17.3 Å². The molecule has 2 N–H and O–H groups in total. The van der Waals surface area contributed by atoms with Crippen molar-refractivity contribution < 1.29 is 9.72 Å². The Balaban J connectivity index is 1.86. The number of nitrogens with one attached hydrogen (secondary N) is 2. The maximum Gasteiger partial charge on any atom is 0.270 e. The van der Waals surface area contributed by atoms with E-state index in [0.29, 0.717) is 11.5 Å². The van der Waals surface area contributed by atoms with Crippen molar-refractivity contribution >= 4 is 23.1 Å². The molecule has 1 heterocycles. The second-order valence-electron chi connectivity index (χ2n) is 6.14. The van der Waals surface area contributed by atoms with Crippen LogP contribution >= 0.6 is 0 Å². The average molecular weight is 340 g/mol. The van der Waals surface area contributed by atoms with E-state index in [1.807, 2.05) is 0 Å². The fourth-order valence-corrected chi connectivity index (χ4v) is 3.05. The fourth-order valence-electron chi connectivity index (χ4n) is 3.05. The summed E-state index contributed by atoms with van der Waals surface area (Å²) in [6.45, 7) is 0. The van der Waals surface area contributed by atoms with E-state index in [1.165, 1.54) is 18.6 Å². The van der Waals surface area contributed by atoms with Crippen molar-refractivity contribution in [1.82, 2.24) is 4.98 Å². The number of hydrogen-bond donors (Lipinski definition) is 2. The summed E-state index contributed by atoms with van der Waals surface area (Å²) in [6.07, 6.45) is 7.19. The number of hydrogen-bond acceptors (Lipinski definition) is 5. The highest BCUT2D eigenvalue weighted by Crippen LogP contribution is 2.27. The highest BCUT2D eigenvalue weighted by molar-refractivity contribution is 6.08. The zero-order valence-corrected chi connectivity index (χ0v) is 13.8. The van der Waals surface area contributed by atoms with E-state index in [9.17, 15) is 14.9 Å². The van der Waals surface area contributed by atoms with Crippen LogP contribution in [0.15, 0.2) is 42.6 Å². The number of pyridine rings is 1. The molecular weight excluding hydrogens is 320 g/mol. The summed E-state index contributed by atoms with van der Waals surface area (Å²) in [6, 6.07) is 9.81. The second-order valence-corrected chi connectivity index (χ2v) is 6.14. The lowest BCUT2D eigenvalue weighted by molar-refractivity contribution is -0.384. The topological polar surface area (TPSA) is 97.2 Å². The maximum absolute atomic E-state index is 12.6. The number of non-ortho nitro benzene ring substituents is 1. The van der Waals surface area contributed by atoms with Gasteiger partial charge in [0, 0.05) is 30.1 Å². The molecule has 0 bridgehead atoms. The van der Waals surface area contributed by atoms with Gasteiger partial charge in [-0.1, -0.05) is 25.3 Å². The number of amides is 1. The number of anilines is 2. The van der Waals surface area contributed by atoms with Crippen LogP contribution in [0.4, 0.5) is 17.2 Å². The van der Waals surface area contributed by atoms with Crippen molar-refractivity contribution in [3.8, 4) is 0 Å². The number of aromatic nitrogens is 1. The normalized spacial score (nSPS) is 14.7. The third-order valence-corrected chi connectivity index (χ3v) is 4.33. The second kappa shape index (κ2) is 7.74. The predicted octanol–water partition coefficient (Wildman–Crippen LogP) is 3.99. The molecule has 1 aromatic carbocycles. The molecule has 1 aliphatic carbocycles. The van der Waals surface area contributed by atoms with E-state index in [4.69, 9.17) is 0 Å². The number of nitro groups is 1. The molecule has 1 fully saturated rings. The van der Waals surface area contributed by atoms with Crippen molar-refractivity contribution in [3.05, 3.63) is 58.3 Å². The number of rotatable bonds is 5. The Morgan fingerprint density at radius 1 is 1.16 bits per heavy atom. The Kier molecular flexibility index (Phi) is 5.23. The first-order valence-electron chi connectivity index (χ1n) is 8.41. The number of carbonyl (C=O) groups excluding carboxylic acids is 1. The summed E-state index contributed by atoms with van der Waals surface area (Å²) in [5.41, 5.74) is 0.761. The molecule has 0 spiro atoms. The van der Waals surface area contributed by atoms with Crippen LogP contribution in [-0.4, -0.2) is 21.9 Å². The largest absolute Gasteiger partial charge is 0.382 e. The minimum atomic E-state index is -0.498. The molecule has 7 heteroatoms. The molecule has 0 radical (unpaired) electrons. The molecule has 3 rings (SSSR count). The molecule has 7 nitrogen and oxygen atoms in total. The summed E-state index contributed by atoms with van der Waals surface area (Å²) in [5, 5.41) is 17.1. The van der Waals surface area contributed by atoms with Gasteiger partial charge >= 0.3 is 0 Å². The standard InChI is InChI=1S/C18H20N4O3/c23-18(21-17-8-4-5-11-19-17)15-12-14(22(24)25)9-10-16(15)20-13-6-2-1-3-7-13/h4-5,8-13,20H,1-3,6-7H2,(H,19,21,23). The van der Waals surface area contributed by atoms with Gasteiger partial charge in [0.05, 0.1) is 10.5 Å². The van der Waals surface area contributed by atoms with E-state index in [0.717, 1.165) is 25.7 Å². The van der Waals surface area contributed by atoms with E-state index in [1.54, 1.807) is 30.5 Å². The highest BCUT2D eigenvalue weighted by Gasteiger charge is 2.20. The zero-order valence-electron chi connectivity index (χ0n) is 13.8. The smallest absolute Gasteiger partial charge is 0.270 e. The lowest BCUT2D eigenvalue weighted by atomic mass is 9.95. The van der Waals surface area contributed by atoms with Crippen LogP contribution in [0.3, 0.4) is 0 Å². The number of nitrogens with zero attached hydrogens (tertiary/aromatic N) is 2. The van der Waals surface area contributed by atoms with Crippen LogP contribution in [0.1, 0.15) is 42.5 Å². The SMILES string of the molecule is O=C(Nc1ccccn1)c1cc([N+](=O)[O-])ccc1NC1CCCCC1. The predicted molar refractivity (Wildman–Crippen MR) is 95.8 cm³/mol. The highest BCUT2D eigenvalue weighted by atomic mass is 16.6. The molecule has 0 unspecified atom stereocenters. The summed E-state index contributed by atoms with van der Waals surface area (Å²) in [7, 11) is 0. The van der Waals surface area contributed by atoms with Crippen LogP contribution in [0.5, 0.6) is 0 Å². The summed E-state index contributed by atoms with van der Waals surface area (Å²) < 4.78 is 0. The van der Waals surface area contributed by atoms with Gasteiger partial charge in [-0.05, 0) is 31.0 Å². The molecule has 1 amide bonds. The van der Waals surface area contributed by atoms with Gasteiger partial charge in [-0.2, -0.15) is 0 Å². The first-order chi connectivity index (χ1) is 12.1. The molecular formula is C18H20N4O3. The molecule has 1 saturated carbocycles. The van der Waals surface area contributed by atoms with Crippen LogP contribution in [0, 0.1) is 10.1 Å². The van der Waals surface area contributed by atoms with Gasteiger partial charge < -0.3 is 10.6 Å². The van der Waals surface area contributed by atoms with Crippen molar-refractivity contribution in [2.75, 3.05) is 10.6 Å². The van der Waals surface area contributed by atoms with Gasteiger partial charge in [0.2, 0.25) is 0 Å². The molecule has 0 aliphatic heterocycles. The number of carbonyl (C=O) groups is 1. The van der Waals surface area contributed by atoms with Crippen molar-refractivity contribution in [3.63, 3.8) is 0 Å². The van der Waals surface area contributed by atoms with Crippen molar-refractivity contribution in [2.24, 2.45) is 0 Å². The Labute approximate surface area is 145 Å². The Bertz CT molecular complexity index is 758. The molecule has 0 saturated heterocycles. The Morgan fingerprint density at radius 2 is 1.96 bits per heavy atom. The van der Waals surface area contributed by atoms with Gasteiger partial charge in [0.25, 0.3) is 11.6 Å². The monoisotopic (exact) mass is 340 g/mol. The van der Waals surface area contributed by atoms with Crippen LogP contribution in [-0.2, 0) is 0 Å². The van der Waals surface area contributed by atoms with Crippen molar-refractivity contribution in [1.29, 1.82) is 0 Å². The van der Waals surface area contributed by atoms with Crippen molar-refractivity contribution in [2.45, 2.75) is 38.1 Å². The van der Waals surface area contributed by atoms with E-state index >= 15 is 0 Å². The molecule has 25 heavy (non-hydrogen) atoms. The quantitative estimate of drug-likeness (QED) is 0.633. The van der Waals surface area contributed by atoms with Crippen LogP contribution < -0.4 is 10.6 Å². The zero-order chi connectivity index (χ0) is 17.6. The number of benzene rings is 1. The molecule has 2 aromatic rings. The minimum Gasteiger partial charge on any atom is -0.382 e. The first-order valence-corrected chi connectivity index (χ1v) is 8.41. The summed E-state index contributed by atoms with van der Waals surface area (Å²) >= 11 is 0. The Hall–Kier alpha value is -2.96. The van der Waals surface area contributed by atoms with E-state index in [2.05, 4.69) is 15.6 Å². The maximum atomic E-state index is 12.6. The van der Waals surface area contributed by atoms with Crippen LogP contribution in [0.2, 0.25) is 0 Å². The third-order valence-electron chi connectivity index (χ3n) is 4.33. The van der Waals surface area contributed by atoms with Gasteiger partial charge in [-0.3, -0.25) is 14.9 Å². The summed E-state index contributed by atoms with van der Waals surface area (Å²) in [4.78, 5) is 27.3. The van der Waals surface area contributed by atoms with Gasteiger partial charge in [0.1, 0.15) is 5.82 Å². The lowest BCUT2D eigenvalue weighted by Gasteiger charge is -2.25.